The van der Waals surface area contributed by atoms with Crippen LogP contribution in [0.15, 0.2) is 48.9 Å². The van der Waals surface area contributed by atoms with E-state index in [0.717, 1.165) is 41.9 Å². The number of pyridine rings is 1. The Morgan fingerprint density at radius 3 is 2.33 bits per heavy atom. The summed E-state index contributed by atoms with van der Waals surface area (Å²) in [6.07, 6.45) is 10.2. The molecular formula is C23H25ClN2O. The zero-order valence-electron chi connectivity index (χ0n) is 15.4. The normalized spacial score (nSPS) is 24.2. The number of imidazole rings is 1. The van der Waals surface area contributed by atoms with Gasteiger partial charge >= 0.3 is 0 Å². The van der Waals surface area contributed by atoms with Crippen molar-refractivity contribution in [2.45, 2.75) is 56.5 Å². The summed E-state index contributed by atoms with van der Waals surface area (Å²) in [6.45, 7) is 0. The maximum atomic E-state index is 11.3. The van der Waals surface area contributed by atoms with Crippen LogP contribution in [0.25, 0.3) is 5.52 Å². The Bertz CT molecular complexity index is 937. The molecule has 3 nitrogen and oxygen atoms in total. The lowest BCUT2D eigenvalue weighted by atomic mass is 9.75. The molecule has 0 spiro atoms. The van der Waals surface area contributed by atoms with Gasteiger partial charge in [-0.25, -0.2) is 4.98 Å². The van der Waals surface area contributed by atoms with E-state index in [1.165, 1.54) is 24.0 Å². The number of rotatable bonds is 4. The van der Waals surface area contributed by atoms with Gasteiger partial charge in [0.05, 0.1) is 29.8 Å². The first-order chi connectivity index (χ1) is 13.2. The smallest absolute Gasteiger partial charge is 0.0995 e. The lowest BCUT2D eigenvalue weighted by Crippen LogP contribution is -2.22. The molecule has 2 heterocycles. The van der Waals surface area contributed by atoms with Gasteiger partial charge in [0.25, 0.3) is 0 Å². The second-order valence-corrected chi connectivity index (χ2v) is 8.68. The number of benzene rings is 1. The zero-order valence-corrected chi connectivity index (χ0v) is 16.1. The second kappa shape index (κ2) is 6.96. The predicted molar refractivity (Wildman–Crippen MR) is 108 cm³/mol. The zero-order chi connectivity index (χ0) is 18.4. The Balaban J connectivity index is 1.37. The van der Waals surface area contributed by atoms with Crippen molar-refractivity contribution < 1.29 is 5.11 Å². The molecule has 1 unspecified atom stereocenters. The van der Waals surface area contributed by atoms with Gasteiger partial charge in [-0.05, 0) is 85.6 Å². The Labute approximate surface area is 165 Å². The number of hydrogen-bond donors (Lipinski definition) is 1. The topological polar surface area (TPSA) is 37.5 Å². The predicted octanol–water partition coefficient (Wildman–Crippen LogP) is 5.87. The standard InChI is InChI=1S/C23H25ClN2O/c24-19-9-7-16(8-10-19)15-1-5-18(6-2-15)23(27)22-21(17-3-4-17)12-11-20-13-25-14-26(20)22/h7-15,17-18,23,27H,1-6H2. The first kappa shape index (κ1) is 17.3. The molecule has 1 atom stereocenters. The Hall–Kier alpha value is -1.84. The monoisotopic (exact) mass is 380 g/mol. The third-order valence-corrected chi connectivity index (χ3v) is 6.77. The summed E-state index contributed by atoms with van der Waals surface area (Å²) < 4.78 is 2.11. The SMILES string of the molecule is OC(c1c(C2CC2)ccc2cncn12)C1CCC(c2ccc(Cl)cc2)CC1. The van der Waals surface area contributed by atoms with Gasteiger partial charge in [-0.2, -0.15) is 0 Å². The van der Waals surface area contributed by atoms with E-state index in [-0.39, 0.29) is 0 Å². The van der Waals surface area contributed by atoms with Crippen LogP contribution < -0.4 is 0 Å². The first-order valence-electron chi connectivity index (χ1n) is 10.1. The van der Waals surface area contributed by atoms with Crippen LogP contribution in [0.5, 0.6) is 0 Å². The van der Waals surface area contributed by atoms with E-state index < -0.39 is 6.10 Å². The van der Waals surface area contributed by atoms with Crippen LogP contribution >= 0.6 is 11.6 Å². The van der Waals surface area contributed by atoms with Crippen molar-refractivity contribution in [1.29, 1.82) is 0 Å². The molecule has 140 valence electrons. The van der Waals surface area contributed by atoms with Crippen LogP contribution in [-0.2, 0) is 0 Å². The van der Waals surface area contributed by atoms with E-state index in [1.807, 2.05) is 24.7 Å². The van der Waals surface area contributed by atoms with Crippen LogP contribution in [0.3, 0.4) is 0 Å². The van der Waals surface area contributed by atoms with Crippen LogP contribution in [0.2, 0.25) is 5.02 Å². The van der Waals surface area contributed by atoms with Crippen molar-refractivity contribution in [2.75, 3.05) is 0 Å². The quantitative estimate of drug-likeness (QED) is 0.614. The lowest BCUT2D eigenvalue weighted by molar-refractivity contribution is 0.0754. The first-order valence-corrected chi connectivity index (χ1v) is 10.5. The largest absolute Gasteiger partial charge is 0.387 e. The van der Waals surface area contributed by atoms with Crippen molar-refractivity contribution in [3.05, 3.63) is 70.8 Å². The van der Waals surface area contributed by atoms with Gasteiger partial charge in [0.15, 0.2) is 0 Å². The number of halogens is 1. The molecule has 2 fully saturated rings. The van der Waals surface area contributed by atoms with Gasteiger partial charge in [-0.1, -0.05) is 29.8 Å². The van der Waals surface area contributed by atoms with Crippen LogP contribution in [-0.4, -0.2) is 14.5 Å². The van der Waals surface area contributed by atoms with Crippen molar-refractivity contribution >= 4 is 17.1 Å². The second-order valence-electron chi connectivity index (χ2n) is 8.24. The molecule has 2 aliphatic carbocycles. The molecule has 4 heteroatoms. The highest BCUT2D eigenvalue weighted by Gasteiger charge is 2.34. The van der Waals surface area contributed by atoms with Crippen LogP contribution in [0.4, 0.5) is 0 Å². The molecular weight excluding hydrogens is 356 g/mol. The van der Waals surface area contributed by atoms with Crippen LogP contribution in [0, 0.1) is 5.92 Å². The highest BCUT2D eigenvalue weighted by atomic mass is 35.5. The van der Waals surface area contributed by atoms with E-state index in [1.54, 1.807) is 0 Å². The summed E-state index contributed by atoms with van der Waals surface area (Å²) in [4.78, 5) is 4.31. The molecule has 1 N–H and O–H groups in total. The Kier molecular flexibility index (Phi) is 4.45. The third-order valence-electron chi connectivity index (χ3n) is 6.51. The van der Waals surface area contributed by atoms with Gasteiger partial charge in [-0.3, -0.25) is 0 Å². The van der Waals surface area contributed by atoms with Crippen molar-refractivity contribution in [3.8, 4) is 0 Å². The summed E-state index contributed by atoms with van der Waals surface area (Å²) in [5.74, 6) is 1.52. The average molecular weight is 381 g/mol. The van der Waals surface area contributed by atoms with Crippen molar-refractivity contribution in [1.82, 2.24) is 9.38 Å². The Morgan fingerprint density at radius 1 is 0.926 bits per heavy atom. The minimum absolute atomic E-state index is 0.319. The molecule has 2 aromatic heterocycles. The summed E-state index contributed by atoms with van der Waals surface area (Å²) in [7, 11) is 0. The maximum absolute atomic E-state index is 11.3. The molecule has 0 aliphatic heterocycles. The number of nitrogens with zero attached hydrogens (tertiary/aromatic N) is 2. The van der Waals surface area contributed by atoms with E-state index >= 15 is 0 Å². The number of fused-ring (bicyclic) bond motifs is 1. The Morgan fingerprint density at radius 2 is 1.63 bits per heavy atom. The van der Waals surface area contributed by atoms with E-state index in [2.05, 4.69) is 33.7 Å². The van der Waals surface area contributed by atoms with E-state index in [0.29, 0.717) is 17.8 Å². The fourth-order valence-corrected chi connectivity index (χ4v) is 4.93. The molecule has 27 heavy (non-hydrogen) atoms. The van der Waals surface area contributed by atoms with Crippen molar-refractivity contribution in [3.63, 3.8) is 0 Å². The lowest BCUT2D eigenvalue weighted by Gasteiger charge is -2.33. The third kappa shape index (κ3) is 3.28. The van der Waals surface area contributed by atoms with Crippen LogP contribution in [0.1, 0.15) is 73.3 Å². The molecule has 0 bridgehead atoms. The number of aromatic nitrogens is 2. The highest BCUT2D eigenvalue weighted by molar-refractivity contribution is 6.30. The summed E-state index contributed by atoms with van der Waals surface area (Å²) in [6, 6.07) is 12.6. The van der Waals surface area contributed by atoms with Crippen molar-refractivity contribution in [2.24, 2.45) is 5.92 Å². The molecule has 1 aromatic carbocycles. The molecule has 0 amide bonds. The molecule has 0 saturated heterocycles. The van der Waals surface area contributed by atoms with Gasteiger partial charge in [0.2, 0.25) is 0 Å². The summed E-state index contributed by atoms with van der Waals surface area (Å²) >= 11 is 6.03. The van der Waals surface area contributed by atoms with Gasteiger partial charge in [-0.15, -0.1) is 0 Å². The number of hydrogen-bond acceptors (Lipinski definition) is 2. The minimum Gasteiger partial charge on any atom is -0.387 e. The number of aliphatic hydroxyl groups excluding tert-OH is 1. The van der Waals surface area contributed by atoms with Gasteiger partial charge in [0.1, 0.15) is 0 Å². The molecule has 3 aromatic rings. The fourth-order valence-electron chi connectivity index (χ4n) is 4.81. The maximum Gasteiger partial charge on any atom is 0.0995 e. The van der Waals surface area contributed by atoms with Gasteiger partial charge < -0.3 is 9.51 Å². The van der Waals surface area contributed by atoms with Gasteiger partial charge in [0, 0.05) is 5.02 Å². The average Bonchev–Trinajstić information content (AvgIpc) is 3.44. The summed E-state index contributed by atoms with van der Waals surface area (Å²) in [5, 5.41) is 12.1. The molecule has 2 aliphatic rings. The molecule has 0 radical (unpaired) electrons. The number of aliphatic hydroxyl groups is 1. The fraction of sp³-hybridized carbons (Fsp3) is 0.435. The molecule has 5 rings (SSSR count). The molecule has 2 saturated carbocycles. The van der Waals surface area contributed by atoms with E-state index in [4.69, 9.17) is 11.6 Å². The summed E-state index contributed by atoms with van der Waals surface area (Å²) in [5.41, 5.74) is 4.86. The minimum atomic E-state index is -0.412. The highest BCUT2D eigenvalue weighted by Crippen LogP contribution is 2.47. The van der Waals surface area contributed by atoms with E-state index in [9.17, 15) is 5.11 Å².